The molecule has 1 amide bonds. The lowest BCUT2D eigenvalue weighted by Gasteiger charge is -2.42. The molecule has 5 heteroatoms. The number of carbonyl (C=O) groups is 1. The van der Waals surface area contributed by atoms with Crippen LogP contribution in [0, 0.1) is 12.3 Å². The molecule has 3 aliphatic heterocycles. The lowest BCUT2D eigenvalue weighted by molar-refractivity contribution is -0.122. The third-order valence-electron chi connectivity index (χ3n) is 5.24. The predicted molar refractivity (Wildman–Crippen MR) is 85.3 cm³/mol. The summed E-state index contributed by atoms with van der Waals surface area (Å²) in [4.78, 5) is 14.8. The van der Waals surface area contributed by atoms with Crippen LogP contribution in [0.1, 0.15) is 57.8 Å². The van der Waals surface area contributed by atoms with Crippen molar-refractivity contribution in [2.75, 3.05) is 13.1 Å². The van der Waals surface area contributed by atoms with Crippen molar-refractivity contribution in [1.82, 2.24) is 10.2 Å². The third-order valence-corrected chi connectivity index (χ3v) is 5.24. The van der Waals surface area contributed by atoms with Gasteiger partial charge in [-0.2, -0.15) is 10.2 Å². The molecule has 5 nitrogen and oxygen atoms in total. The molecular formula is C17H26N4O. The highest BCUT2D eigenvalue weighted by atomic mass is 16.1. The van der Waals surface area contributed by atoms with Crippen molar-refractivity contribution in [3.05, 3.63) is 0 Å². The van der Waals surface area contributed by atoms with Gasteiger partial charge in [-0.25, -0.2) is 0 Å². The van der Waals surface area contributed by atoms with E-state index >= 15 is 0 Å². The van der Waals surface area contributed by atoms with Gasteiger partial charge in [0, 0.05) is 44.3 Å². The summed E-state index contributed by atoms with van der Waals surface area (Å²) in [6.07, 6.45) is 14.1. The van der Waals surface area contributed by atoms with Gasteiger partial charge >= 0.3 is 0 Å². The number of hydrogen-bond acceptors (Lipinski definition) is 4. The number of amides is 1. The largest absolute Gasteiger partial charge is 0.353 e. The number of nitrogens with zero attached hydrogens (tertiary/aromatic N) is 3. The fraction of sp³-hybridized carbons (Fsp3) is 0.824. The summed E-state index contributed by atoms with van der Waals surface area (Å²) in [5, 5.41) is 11.4. The first-order chi connectivity index (χ1) is 10.7. The maximum absolute atomic E-state index is 12.2. The lowest BCUT2D eigenvalue weighted by atomic mass is 9.90. The maximum atomic E-state index is 12.2. The van der Waals surface area contributed by atoms with Crippen molar-refractivity contribution in [3.63, 3.8) is 0 Å². The molecular weight excluding hydrogens is 276 g/mol. The second-order valence-corrected chi connectivity index (χ2v) is 6.86. The number of fused-ring (bicyclic) bond motifs is 1. The minimum atomic E-state index is -0.337. The number of nitrogens with one attached hydrogen (secondary N) is 1. The molecule has 0 aromatic heterocycles. The molecule has 22 heavy (non-hydrogen) atoms. The highest BCUT2D eigenvalue weighted by Gasteiger charge is 2.39. The summed E-state index contributed by atoms with van der Waals surface area (Å²) < 4.78 is 0. The van der Waals surface area contributed by atoms with Gasteiger partial charge in [0.25, 0.3) is 0 Å². The molecule has 3 aliphatic rings. The van der Waals surface area contributed by atoms with Gasteiger partial charge in [0.15, 0.2) is 5.66 Å². The molecule has 0 radical (unpaired) electrons. The van der Waals surface area contributed by atoms with Crippen LogP contribution in [-0.2, 0) is 4.79 Å². The predicted octanol–water partition coefficient (Wildman–Crippen LogP) is 2.48. The van der Waals surface area contributed by atoms with E-state index in [-0.39, 0.29) is 11.6 Å². The van der Waals surface area contributed by atoms with E-state index in [1.165, 1.54) is 25.8 Å². The van der Waals surface area contributed by atoms with Crippen LogP contribution < -0.4 is 5.32 Å². The van der Waals surface area contributed by atoms with Gasteiger partial charge in [0.05, 0.1) is 0 Å². The number of terminal acetylenes is 1. The normalized spacial score (nSPS) is 29.4. The van der Waals surface area contributed by atoms with Crippen LogP contribution in [0.5, 0.6) is 0 Å². The number of carbonyl (C=O) groups excluding carboxylic acids is 1. The van der Waals surface area contributed by atoms with Gasteiger partial charge < -0.3 is 10.2 Å². The Bertz CT molecular complexity index is 476. The van der Waals surface area contributed by atoms with E-state index in [0.717, 1.165) is 25.8 Å². The van der Waals surface area contributed by atoms with Crippen LogP contribution in [0.25, 0.3) is 0 Å². The van der Waals surface area contributed by atoms with E-state index in [4.69, 9.17) is 6.42 Å². The Morgan fingerprint density at radius 3 is 2.91 bits per heavy atom. The van der Waals surface area contributed by atoms with E-state index < -0.39 is 0 Å². The zero-order valence-electron chi connectivity index (χ0n) is 13.3. The molecule has 1 N–H and O–H groups in total. The molecule has 0 aromatic carbocycles. The zero-order chi connectivity index (χ0) is 15.4. The van der Waals surface area contributed by atoms with E-state index in [2.05, 4.69) is 26.4 Å². The van der Waals surface area contributed by atoms with Gasteiger partial charge in [0.2, 0.25) is 5.91 Å². The number of hydrogen-bond donors (Lipinski definition) is 1. The Balaban J connectivity index is 1.38. The van der Waals surface area contributed by atoms with Crippen molar-refractivity contribution in [2.45, 2.75) is 75.5 Å². The van der Waals surface area contributed by atoms with Crippen LogP contribution in [0.15, 0.2) is 10.2 Å². The summed E-state index contributed by atoms with van der Waals surface area (Å²) in [6, 6.07) is 1.03. The molecule has 3 rings (SSSR count). The maximum Gasteiger partial charge on any atom is 0.220 e. The zero-order valence-corrected chi connectivity index (χ0v) is 13.3. The summed E-state index contributed by atoms with van der Waals surface area (Å²) in [5.74, 6) is 2.76. The first-order valence-corrected chi connectivity index (χ1v) is 8.62. The Kier molecular flexibility index (Phi) is 4.77. The average molecular weight is 302 g/mol. The molecule has 3 heterocycles. The summed E-state index contributed by atoms with van der Waals surface area (Å²) in [5.41, 5.74) is -0.337. The van der Waals surface area contributed by atoms with E-state index in [1.54, 1.807) is 0 Å². The molecule has 0 saturated carbocycles. The van der Waals surface area contributed by atoms with Crippen molar-refractivity contribution in [1.29, 1.82) is 0 Å². The molecule has 2 saturated heterocycles. The average Bonchev–Trinajstić information content (AvgIpc) is 3.31. The summed E-state index contributed by atoms with van der Waals surface area (Å²) in [6.45, 7) is 2.37. The monoisotopic (exact) mass is 302 g/mol. The van der Waals surface area contributed by atoms with Crippen molar-refractivity contribution >= 4 is 5.91 Å². The van der Waals surface area contributed by atoms with Crippen LogP contribution in [0.3, 0.4) is 0 Å². The quantitative estimate of drug-likeness (QED) is 0.766. The Hall–Kier alpha value is -1.41. The van der Waals surface area contributed by atoms with Crippen molar-refractivity contribution in [3.8, 4) is 12.3 Å². The van der Waals surface area contributed by atoms with Crippen molar-refractivity contribution < 1.29 is 4.79 Å². The molecule has 2 fully saturated rings. The first-order valence-electron chi connectivity index (χ1n) is 8.62. The fourth-order valence-corrected chi connectivity index (χ4v) is 3.80. The standard InChI is InChI=1S/C17H26N4O/c1-2-3-9-17(19-20-17)10-7-16(22)18-14-8-12-21-11-5-4-6-15(21)13-14/h1,14-15H,3-13H2,(H,18,22). The van der Waals surface area contributed by atoms with E-state index in [9.17, 15) is 4.79 Å². The minimum Gasteiger partial charge on any atom is -0.353 e. The van der Waals surface area contributed by atoms with Crippen LogP contribution in [-0.4, -0.2) is 41.6 Å². The van der Waals surface area contributed by atoms with Crippen molar-refractivity contribution in [2.24, 2.45) is 10.2 Å². The Morgan fingerprint density at radius 1 is 1.27 bits per heavy atom. The van der Waals surface area contributed by atoms with Gasteiger partial charge in [-0.3, -0.25) is 4.79 Å². The topological polar surface area (TPSA) is 57.1 Å². The molecule has 0 aliphatic carbocycles. The molecule has 0 aromatic rings. The van der Waals surface area contributed by atoms with Gasteiger partial charge in [0.1, 0.15) is 0 Å². The summed E-state index contributed by atoms with van der Waals surface area (Å²) in [7, 11) is 0. The molecule has 120 valence electrons. The van der Waals surface area contributed by atoms with E-state index in [0.29, 0.717) is 31.3 Å². The lowest BCUT2D eigenvalue weighted by Crippen LogP contribution is -2.51. The number of piperidine rings is 2. The molecule has 2 unspecified atom stereocenters. The third kappa shape index (κ3) is 3.86. The number of rotatable bonds is 6. The van der Waals surface area contributed by atoms with Gasteiger partial charge in [-0.05, 0) is 32.2 Å². The first kappa shape index (κ1) is 15.5. The highest BCUT2D eigenvalue weighted by Crippen LogP contribution is 2.37. The van der Waals surface area contributed by atoms with Gasteiger partial charge in [-0.1, -0.05) is 6.42 Å². The Labute approximate surface area is 132 Å². The van der Waals surface area contributed by atoms with Crippen LogP contribution >= 0.6 is 0 Å². The smallest absolute Gasteiger partial charge is 0.220 e. The summed E-state index contributed by atoms with van der Waals surface area (Å²) >= 11 is 0. The van der Waals surface area contributed by atoms with Crippen LogP contribution in [0.2, 0.25) is 0 Å². The highest BCUT2D eigenvalue weighted by molar-refractivity contribution is 5.76. The van der Waals surface area contributed by atoms with Gasteiger partial charge in [-0.15, -0.1) is 12.3 Å². The second-order valence-electron chi connectivity index (χ2n) is 6.86. The SMILES string of the molecule is C#CCCC1(CCC(=O)NC2CCN3CCCCC3C2)N=N1. The molecule has 0 spiro atoms. The second kappa shape index (κ2) is 6.78. The minimum absolute atomic E-state index is 0.145. The molecule has 2 atom stereocenters. The Morgan fingerprint density at radius 2 is 2.14 bits per heavy atom. The van der Waals surface area contributed by atoms with E-state index in [1.807, 2.05) is 0 Å². The molecule has 0 bridgehead atoms. The fourth-order valence-electron chi connectivity index (χ4n) is 3.80. The van der Waals surface area contributed by atoms with Crippen LogP contribution in [0.4, 0.5) is 0 Å².